The molecule has 3 N–H and O–H groups in total. The molecule has 0 atom stereocenters. The zero-order valence-electron chi connectivity index (χ0n) is 10.6. The highest BCUT2D eigenvalue weighted by atomic mass is 35.5. The molecule has 1 heterocycles. The third-order valence-electron chi connectivity index (χ3n) is 3.00. The molecule has 2 aromatic carbocycles. The lowest BCUT2D eigenvalue weighted by Gasteiger charge is -2.06. The van der Waals surface area contributed by atoms with Crippen molar-refractivity contribution in [2.45, 2.75) is 0 Å². The minimum absolute atomic E-state index is 0.524. The van der Waals surface area contributed by atoms with Crippen molar-refractivity contribution in [3.05, 3.63) is 40.4 Å². The zero-order chi connectivity index (χ0) is 14.3. The van der Waals surface area contributed by atoms with Crippen LogP contribution >= 0.6 is 23.2 Å². The van der Waals surface area contributed by atoms with Crippen molar-refractivity contribution in [3.63, 3.8) is 0 Å². The average molecular weight is 308 g/mol. The molecule has 20 heavy (non-hydrogen) atoms. The van der Waals surface area contributed by atoms with Crippen LogP contribution in [0, 0.1) is 0 Å². The highest BCUT2D eigenvalue weighted by molar-refractivity contribution is 6.32. The maximum atomic E-state index is 6.04. The van der Waals surface area contributed by atoms with E-state index in [4.69, 9.17) is 33.7 Å². The van der Waals surface area contributed by atoms with Crippen LogP contribution in [0.25, 0.3) is 22.4 Å². The molecule has 0 unspecified atom stereocenters. The van der Waals surface area contributed by atoms with Gasteiger partial charge in [0, 0.05) is 10.0 Å². The highest BCUT2D eigenvalue weighted by Gasteiger charge is 2.13. The predicted octanol–water partition coefficient (Wildman–Crippen LogP) is 4.13. The first-order valence-corrected chi connectivity index (χ1v) is 6.62. The van der Waals surface area contributed by atoms with E-state index in [1.807, 2.05) is 0 Å². The summed E-state index contributed by atoms with van der Waals surface area (Å²) in [4.78, 5) is 7.68. The number of aromatic amines is 1. The number of nitrogens with zero attached hydrogens (tertiary/aromatic N) is 1. The Morgan fingerprint density at radius 2 is 1.95 bits per heavy atom. The molecule has 0 aliphatic rings. The SMILES string of the molecule is COc1ccc(Cl)cc1-c1nc2c(N)cc(Cl)cc2[nH]1. The molecule has 0 saturated heterocycles. The quantitative estimate of drug-likeness (QED) is 0.700. The van der Waals surface area contributed by atoms with E-state index in [9.17, 15) is 0 Å². The highest BCUT2D eigenvalue weighted by Crippen LogP contribution is 2.33. The number of nitrogens with one attached hydrogen (secondary N) is 1. The van der Waals surface area contributed by atoms with E-state index in [1.165, 1.54) is 0 Å². The van der Waals surface area contributed by atoms with Gasteiger partial charge < -0.3 is 15.5 Å². The molecule has 3 rings (SSSR count). The minimum Gasteiger partial charge on any atom is -0.496 e. The molecule has 102 valence electrons. The van der Waals surface area contributed by atoms with Gasteiger partial charge in [0.05, 0.1) is 23.9 Å². The number of H-pyrrole nitrogens is 1. The largest absolute Gasteiger partial charge is 0.496 e. The molecular weight excluding hydrogens is 297 g/mol. The smallest absolute Gasteiger partial charge is 0.142 e. The standard InChI is InChI=1S/C14H11Cl2N3O/c1-20-12-3-2-7(15)4-9(12)14-18-11-6-8(16)5-10(17)13(11)19-14/h2-6H,17H2,1H3,(H,18,19). The van der Waals surface area contributed by atoms with Crippen LogP contribution in [0.1, 0.15) is 0 Å². The molecule has 1 aromatic heterocycles. The van der Waals surface area contributed by atoms with Crippen LogP contribution in [0.5, 0.6) is 5.75 Å². The van der Waals surface area contributed by atoms with Gasteiger partial charge in [0.2, 0.25) is 0 Å². The summed E-state index contributed by atoms with van der Waals surface area (Å²) in [5.74, 6) is 1.31. The first kappa shape index (κ1) is 13.1. The van der Waals surface area contributed by atoms with E-state index in [-0.39, 0.29) is 0 Å². The Bertz CT molecular complexity index is 798. The fourth-order valence-corrected chi connectivity index (χ4v) is 2.50. The lowest BCUT2D eigenvalue weighted by molar-refractivity contribution is 0.416. The molecule has 0 amide bonds. The second-order valence-electron chi connectivity index (χ2n) is 4.32. The second-order valence-corrected chi connectivity index (χ2v) is 5.19. The van der Waals surface area contributed by atoms with Gasteiger partial charge in [0.1, 0.15) is 17.1 Å². The summed E-state index contributed by atoms with van der Waals surface area (Å²) in [6.45, 7) is 0. The number of aromatic nitrogens is 2. The topological polar surface area (TPSA) is 63.9 Å². The third-order valence-corrected chi connectivity index (χ3v) is 3.45. The summed E-state index contributed by atoms with van der Waals surface area (Å²) >= 11 is 12.0. The maximum absolute atomic E-state index is 6.04. The minimum atomic E-state index is 0.524. The number of fused-ring (bicyclic) bond motifs is 1. The number of imidazole rings is 1. The summed E-state index contributed by atoms with van der Waals surface area (Å²) in [6.07, 6.45) is 0. The Kier molecular flexibility index (Phi) is 3.20. The van der Waals surface area contributed by atoms with Gasteiger partial charge in [-0.15, -0.1) is 0 Å². The van der Waals surface area contributed by atoms with Gasteiger partial charge in [-0.2, -0.15) is 0 Å². The van der Waals surface area contributed by atoms with Crippen LogP contribution in [-0.4, -0.2) is 17.1 Å². The molecule has 6 heteroatoms. The molecular formula is C14H11Cl2N3O. The van der Waals surface area contributed by atoms with Gasteiger partial charge >= 0.3 is 0 Å². The van der Waals surface area contributed by atoms with Gasteiger partial charge in [0.25, 0.3) is 0 Å². The van der Waals surface area contributed by atoms with Crippen LogP contribution < -0.4 is 10.5 Å². The monoisotopic (exact) mass is 307 g/mol. The van der Waals surface area contributed by atoms with Crippen molar-refractivity contribution in [2.75, 3.05) is 12.8 Å². The van der Waals surface area contributed by atoms with Gasteiger partial charge in [-0.05, 0) is 30.3 Å². The molecule has 0 aliphatic carbocycles. The van der Waals surface area contributed by atoms with E-state index in [1.54, 1.807) is 37.4 Å². The lowest BCUT2D eigenvalue weighted by Crippen LogP contribution is -1.89. The summed E-state index contributed by atoms with van der Waals surface area (Å²) < 4.78 is 5.33. The number of halogens is 2. The molecule has 0 spiro atoms. The fourth-order valence-electron chi connectivity index (χ4n) is 2.10. The number of methoxy groups -OCH3 is 1. The van der Waals surface area contributed by atoms with Crippen LogP contribution in [0.15, 0.2) is 30.3 Å². The van der Waals surface area contributed by atoms with Crippen LogP contribution in [-0.2, 0) is 0 Å². The molecule has 0 bridgehead atoms. The van der Waals surface area contributed by atoms with Crippen molar-refractivity contribution in [3.8, 4) is 17.1 Å². The Labute approximate surface area is 125 Å². The van der Waals surface area contributed by atoms with Gasteiger partial charge in [-0.1, -0.05) is 23.2 Å². The number of nitrogen functional groups attached to an aromatic ring is 1. The lowest BCUT2D eigenvalue weighted by atomic mass is 10.2. The van der Waals surface area contributed by atoms with Gasteiger partial charge in [0.15, 0.2) is 0 Å². The van der Waals surface area contributed by atoms with Crippen molar-refractivity contribution in [2.24, 2.45) is 0 Å². The number of hydrogen-bond acceptors (Lipinski definition) is 3. The van der Waals surface area contributed by atoms with Crippen LogP contribution in [0.2, 0.25) is 10.0 Å². The summed E-state index contributed by atoms with van der Waals surface area (Å²) in [6, 6.07) is 8.79. The third kappa shape index (κ3) is 2.17. The Balaban J connectivity index is 2.25. The molecule has 0 radical (unpaired) electrons. The Morgan fingerprint density at radius 3 is 2.70 bits per heavy atom. The van der Waals surface area contributed by atoms with Crippen molar-refractivity contribution >= 4 is 39.9 Å². The molecule has 0 fully saturated rings. The Hall–Kier alpha value is -1.91. The summed E-state index contributed by atoms with van der Waals surface area (Å²) in [5, 5.41) is 1.16. The molecule has 0 saturated carbocycles. The molecule has 3 aromatic rings. The number of anilines is 1. The van der Waals surface area contributed by atoms with Crippen molar-refractivity contribution in [1.29, 1.82) is 0 Å². The van der Waals surface area contributed by atoms with Crippen LogP contribution in [0.3, 0.4) is 0 Å². The zero-order valence-corrected chi connectivity index (χ0v) is 12.1. The number of benzene rings is 2. The van der Waals surface area contributed by atoms with E-state index < -0.39 is 0 Å². The average Bonchev–Trinajstić information content (AvgIpc) is 2.82. The van der Waals surface area contributed by atoms with E-state index >= 15 is 0 Å². The van der Waals surface area contributed by atoms with E-state index in [0.29, 0.717) is 32.8 Å². The van der Waals surface area contributed by atoms with Crippen molar-refractivity contribution < 1.29 is 4.74 Å². The van der Waals surface area contributed by atoms with E-state index in [0.717, 1.165) is 11.1 Å². The fraction of sp³-hybridized carbons (Fsp3) is 0.0714. The molecule has 0 aliphatic heterocycles. The normalized spacial score (nSPS) is 10.9. The first-order valence-electron chi connectivity index (χ1n) is 5.87. The number of ether oxygens (including phenoxy) is 1. The number of nitrogens with two attached hydrogens (primary N) is 1. The van der Waals surface area contributed by atoms with E-state index in [2.05, 4.69) is 9.97 Å². The number of hydrogen-bond donors (Lipinski definition) is 2. The van der Waals surface area contributed by atoms with Crippen LogP contribution in [0.4, 0.5) is 5.69 Å². The molecule has 4 nitrogen and oxygen atoms in total. The first-order chi connectivity index (χ1) is 9.58. The van der Waals surface area contributed by atoms with Gasteiger partial charge in [-0.25, -0.2) is 4.98 Å². The number of rotatable bonds is 2. The predicted molar refractivity (Wildman–Crippen MR) is 82.5 cm³/mol. The summed E-state index contributed by atoms with van der Waals surface area (Å²) in [5.41, 5.74) is 8.66. The summed E-state index contributed by atoms with van der Waals surface area (Å²) in [7, 11) is 1.60. The van der Waals surface area contributed by atoms with Gasteiger partial charge in [-0.3, -0.25) is 0 Å². The maximum Gasteiger partial charge on any atom is 0.142 e. The van der Waals surface area contributed by atoms with Crippen molar-refractivity contribution in [1.82, 2.24) is 9.97 Å². The second kappa shape index (κ2) is 4.89. The Morgan fingerprint density at radius 1 is 1.15 bits per heavy atom.